The van der Waals surface area contributed by atoms with Crippen LogP contribution in [0.1, 0.15) is 47.3 Å². The number of amides is 1. The molecule has 1 aromatic carbocycles. The fraction of sp³-hybridized carbons (Fsp3) is 0.294. The molecule has 6 heteroatoms. The number of nitrogens with one attached hydrogen (secondary N) is 1. The molecule has 3 rings (SSSR count). The number of carbonyl (C=O) groups is 2. The molecule has 0 fully saturated rings. The molecule has 0 spiro atoms. The van der Waals surface area contributed by atoms with Crippen molar-refractivity contribution in [3.63, 3.8) is 0 Å². The summed E-state index contributed by atoms with van der Waals surface area (Å²) in [4.78, 5) is 32.2. The minimum absolute atomic E-state index is 0.00420. The fourth-order valence-corrected chi connectivity index (χ4v) is 3.03. The summed E-state index contributed by atoms with van der Waals surface area (Å²) in [6.07, 6.45) is 2.84. The molecular formula is C17H16ClN3O2. The number of halogens is 1. The largest absolute Gasteiger partial charge is 0.295 e. The number of Topliss-reactive ketones (excluding diaryl/α,β-unsaturated/α-hetero) is 1. The molecule has 1 heterocycles. The summed E-state index contributed by atoms with van der Waals surface area (Å²) in [5.41, 5.74) is 2.14. The molecule has 1 amide bonds. The Bertz CT molecular complexity index is 776. The van der Waals surface area contributed by atoms with E-state index >= 15 is 0 Å². The molecule has 1 N–H and O–H groups in total. The zero-order valence-electron chi connectivity index (χ0n) is 12.7. The van der Waals surface area contributed by atoms with Gasteiger partial charge in [0.1, 0.15) is 0 Å². The van der Waals surface area contributed by atoms with Gasteiger partial charge in [-0.2, -0.15) is 0 Å². The highest BCUT2D eigenvalue weighted by molar-refractivity contribution is 6.31. The summed E-state index contributed by atoms with van der Waals surface area (Å²) in [6, 6.07) is 7.54. The highest BCUT2D eigenvalue weighted by Crippen LogP contribution is 2.35. The van der Waals surface area contributed by atoms with Gasteiger partial charge in [-0.05, 0) is 24.0 Å². The first-order valence-corrected chi connectivity index (χ1v) is 7.89. The van der Waals surface area contributed by atoms with Gasteiger partial charge in [-0.3, -0.25) is 14.9 Å². The third-order valence-corrected chi connectivity index (χ3v) is 4.30. The Morgan fingerprint density at radius 2 is 2.13 bits per heavy atom. The van der Waals surface area contributed by atoms with Crippen LogP contribution in [0.5, 0.6) is 0 Å². The Labute approximate surface area is 139 Å². The van der Waals surface area contributed by atoms with Crippen LogP contribution in [0.25, 0.3) is 0 Å². The van der Waals surface area contributed by atoms with Crippen molar-refractivity contribution in [2.24, 2.45) is 0 Å². The molecule has 1 atom stereocenters. The van der Waals surface area contributed by atoms with E-state index in [1.807, 2.05) is 24.3 Å². The zero-order valence-corrected chi connectivity index (χ0v) is 13.4. The van der Waals surface area contributed by atoms with Gasteiger partial charge in [-0.25, -0.2) is 9.97 Å². The number of ketones is 1. The van der Waals surface area contributed by atoms with Crippen LogP contribution in [0, 0.1) is 0 Å². The highest BCUT2D eigenvalue weighted by Gasteiger charge is 2.29. The Hall–Kier alpha value is -2.27. The first-order valence-electron chi connectivity index (χ1n) is 7.52. The zero-order chi connectivity index (χ0) is 16.4. The van der Waals surface area contributed by atoms with E-state index in [0.29, 0.717) is 35.5 Å². The lowest BCUT2D eigenvalue weighted by atomic mass is 9.82. The number of fused-ring (bicyclic) bond motifs is 1. The van der Waals surface area contributed by atoms with E-state index in [-0.39, 0.29) is 23.6 Å². The summed E-state index contributed by atoms with van der Waals surface area (Å²) in [6.45, 7) is 1.75. The number of rotatable bonds is 3. The number of nitrogens with zero attached hydrogens (tertiary/aromatic N) is 2. The van der Waals surface area contributed by atoms with Crippen molar-refractivity contribution in [3.05, 3.63) is 52.3 Å². The highest BCUT2D eigenvalue weighted by atomic mass is 35.5. The smallest absolute Gasteiger partial charge is 0.229 e. The fourth-order valence-electron chi connectivity index (χ4n) is 2.74. The lowest BCUT2D eigenvalue weighted by Crippen LogP contribution is -2.22. The maximum atomic E-state index is 12.4. The number of hydrogen-bond donors (Lipinski definition) is 1. The van der Waals surface area contributed by atoms with E-state index in [2.05, 4.69) is 15.3 Å². The Balaban J connectivity index is 1.91. The molecule has 0 aliphatic heterocycles. The van der Waals surface area contributed by atoms with Crippen LogP contribution in [0.2, 0.25) is 5.02 Å². The molecule has 1 aliphatic rings. The molecule has 5 nitrogen and oxygen atoms in total. The van der Waals surface area contributed by atoms with Gasteiger partial charge in [0.2, 0.25) is 11.9 Å². The molecule has 0 saturated heterocycles. The van der Waals surface area contributed by atoms with Crippen LogP contribution < -0.4 is 5.32 Å². The standard InChI is InChI=1S/C17H16ClN3O2/c1-2-16(23)21-17-19-9-12-14(20-17)7-10(8-15(12)22)11-5-3-4-6-13(11)18/h3-6,9-10H,2,7-8H2,1H3,(H,19,20,21,23)/t10-/m1/s1. The van der Waals surface area contributed by atoms with Gasteiger partial charge in [0.15, 0.2) is 5.78 Å². The van der Waals surface area contributed by atoms with Crippen molar-refractivity contribution in [2.45, 2.75) is 32.1 Å². The van der Waals surface area contributed by atoms with Crippen LogP contribution in [0.15, 0.2) is 30.5 Å². The second-order valence-corrected chi connectivity index (χ2v) is 5.91. The number of carbonyl (C=O) groups excluding carboxylic acids is 2. The molecule has 118 valence electrons. The van der Waals surface area contributed by atoms with E-state index in [9.17, 15) is 9.59 Å². The van der Waals surface area contributed by atoms with Gasteiger partial charge >= 0.3 is 0 Å². The van der Waals surface area contributed by atoms with Gasteiger partial charge in [-0.15, -0.1) is 0 Å². The second-order valence-electron chi connectivity index (χ2n) is 5.51. The van der Waals surface area contributed by atoms with E-state index in [1.54, 1.807) is 6.92 Å². The van der Waals surface area contributed by atoms with Crippen LogP contribution in [0.3, 0.4) is 0 Å². The summed E-state index contributed by atoms with van der Waals surface area (Å²) in [5.74, 6) is 0.0795. The maximum absolute atomic E-state index is 12.4. The van der Waals surface area contributed by atoms with Gasteiger partial charge in [0.25, 0.3) is 0 Å². The van der Waals surface area contributed by atoms with Crippen LogP contribution in [-0.4, -0.2) is 21.7 Å². The minimum Gasteiger partial charge on any atom is -0.295 e. The van der Waals surface area contributed by atoms with Crippen LogP contribution in [-0.2, 0) is 11.2 Å². The molecule has 1 aromatic heterocycles. The number of anilines is 1. The first-order chi connectivity index (χ1) is 11.1. The van der Waals surface area contributed by atoms with Crippen molar-refractivity contribution < 1.29 is 9.59 Å². The Morgan fingerprint density at radius 1 is 1.35 bits per heavy atom. The molecule has 0 saturated carbocycles. The topological polar surface area (TPSA) is 72.0 Å². The van der Waals surface area contributed by atoms with Gasteiger partial charge < -0.3 is 0 Å². The van der Waals surface area contributed by atoms with Gasteiger partial charge in [0, 0.05) is 24.1 Å². The summed E-state index contributed by atoms with van der Waals surface area (Å²) < 4.78 is 0. The third-order valence-electron chi connectivity index (χ3n) is 3.96. The number of hydrogen-bond acceptors (Lipinski definition) is 4. The van der Waals surface area contributed by atoms with E-state index in [0.717, 1.165) is 5.56 Å². The number of benzene rings is 1. The van der Waals surface area contributed by atoms with Gasteiger partial charge in [-0.1, -0.05) is 36.7 Å². The van der Waals surface area contributed by atoms with Crippen molar-refractivity contribution in [3.8, 4) is 0 Å². The normalized spacial score (nSPS) is 16.8. The molecular weight excluding hydrogens is 314 g/mol. The molecule has 2 aromatic rings. The van der Waals surface area contributed by atoms with E-state index < -0.39 is 0 Å². The van der Waals surface area contributed by atoms with Crippen LogP contribution in [0.4, 0.5) is 5.95 Å². The first kappa shape index (κ1) is 15.6. The molecule has 0 unspecified atom stereocenters. The van der Waals surface area contributed by atoms with Gasteiger partial charge in [0.05, 0.1) is 11.3 Å². The van der Waals surface area contributed by atoms with Crippen molar-refractivity contribution in [1.82, 2.24) is 9.97 Å². The lowest BCUT2D eigenvalue weighted by Gasteiger charge is -2.24. The molecule has 23 heavy (non-hydrogen) atoms. The van der Waals surface area contributed by atoms with Crippen molar-refractivity contribution in [2.75, 3.05) is 5.32 Å². The third kappa shape index (κ3) is 3.24. The summed E-state index contributed by atoms with van der Waals surface area (Å²) >= 11 is 6.25. The monoisotopic (exact) mass is 329 g/mol. The minimum atomic E-state index is -0.158. The molecule has 1 aliphatic carbocycles. The predicted molar refractivity (Wildman–Crippen MR) is 87.8 cm³/mol. The maximum Gasteiger partial charge on any atom is 0.229 e. The second kappa shape index (κ2) is 6.46. The Morgan fingerprint density at radius 3 is 2.87 bits per heavy atom. The van der Waals surface area contributed by atoms with Crippen molar-refractivity contribution in [1.29, 1.82) is 0 Å². The van der Waals surface area contributed by atoms with Crippen molar-refractivity contribution >= 4 is 29.2 Å². The van der Waals surface area contributed by atoms with Crippen LogP contribution >= 0.6 is 11.6 Å². The summed E-state index contributed by atoms with van der Waals surface area (Å²) in [7, 11) is 0. The lowest BCUT2D eigenvalue weighted by molar-refractivity contribution is -0.115. The molecule has 0 bridgehead atoms. The summed E-state index contributed by atoms with van der Waals surface area (Å²) in [5, 5.41) is 3.28. The average Bonchev–Trinajstić information content (AvgIpc) is 2.54. The quantitative estimate of drug-likeness (QED) is 0.936. The number of aromatic nitrogens is 2. The predicted octanol–water partition coefficient (Wildman–Crippen LogP) is 3.39. The molecule has 0 radical (unpaired) electrons. The van der Waals surface area contributed by atoms with E-state index in [1.165, 1.54) is 6.20 Å². The average molecular weight is 330 g/mol. The Kier molecular flexibility index (Phi) is 4.39. The SMILES string of the molecule is CCC(=O)Nc1ncc2c(n1)C[C@@H](c1ccccc1Cl)CC2=O. The van der Waals surface area contributed by atoms with E-state index in [4.69, 9.17) is 11.6 Å².